The molecule has 2 saturated heterocycles. The first kappa shape index (κ1) is 30.2. The first-order valence-corrected chi connectivity index (χ1v) is 18.3. The fourth-order valence-electron chi connectivity index (χ4n) is 7.30. The van der Waals surface area contributed by atoms with Crippen molar-refractivity contribution in [2.45, 2.75) is 56.7 Å². The number of anilines is 3. The molecule has 3 heterocycles. The molecule has 230 valence electrons. The lowest BCUT2D eigenvalue weighted by Gasteiger charge is -2.33. The van der Waals surface area contributed by atoms with Crippen LogP contribution in [0, 0.1) is 5.92 Å². The van der Waals surface area contributed by atoms with E-state index in [0.29, 0.717) is 42.1 Å². The molecule has 1 spiro atoms. The van der Waals surface area contributed by atoms with Crippen LogP contribution in [0.25, 0.3) is 0 Å². The number of hydrogen-bond acceptors (Lipinski definition) is 6. The molecule has 44 heavy (non-hydrogen) atoms. The Bertz CT molecular complexity index is 1560. The van der Waals surface area contributed by atoms with E-state index in [1.54, 1.807) is 14.7 Å². The molecule has 0 saturated carbocycles. The Kier molecular flexibility index (Phi) is 7.96. The van der Waals surface area contributed by atoms with Gasteiger partial charge in [-0.2, -0.15) is 0 Å². The number of carbonyl (C=O) groups excluding carboxylic acids is 3. The molecule has 0 unspecified atom stereocenters. The predicted molar refractivity (Wildman–Crippen MR) is 170 cm³/mol. The van der Waals surface area contributed by atoms with E-state index in [1.807, 2.05) is 98.9 Å². The van der Waals surface area contributed by atoms with Crippen molar-refractivity contribution >= 4 is 43.1 Å². The highest BCUT2D eigenvalue weighted by Gasteiger charge is 2.66. The highest BCUT2D eigenvalue weighted by atomic mass is 28.4. The van der Waals surface area contributed by atoms with Crippen LogP contribution in [0.3, 0.4) is 0 Å². The Hall–Kier alpha value is -3.83. The molecule has 3 aromatic rings. The van der Waals surface area contributed by atoms with Crippen LogP contribution in [0.2, 0.25) is 18.6 Å². The van der Waals surface area contributed by atoms with Gasteiger partial charge in [0.25, 0.3) is 5.91 Å². The number of β-lactam (4-membered cyclic amide) rings is 1. The maximum Gasteiger partial charge on any atom is 0.268 e. The van der Waals surface area contributed by atoms with Gasteiger partial charge in [0.1, 0.15) is 0 Å². The monoisotopic (exact) mass is 613 g/mol. The van der Waals surface area contributed by atoms with Crippen molar-refractivity contribution in [3.63, 3.8) is 0 Å². The predicted octanol–water partition coefficient (Wildman–Crippen LogP) is 4.31. The fraction of sp³-hybridized carbons (Fsp3) is 0.382. The lowest BCUT2D eigenvalue weighted by Crippen LogP contribution is -2.45. The number of hydrogen-bond donors (Lipinski definition) is 2. The van der Waals surface area contributed by atoms with E-state index in [2.05, 4.69) is 0 Å². The summed E-state index contributed by atoms with van der Waals surface area (Å²) in [5.41, 5.74) is 1.73. The zero-order chi connectivity index (χ0) is 31.2. The van der Waals surface area contributed by atoms with Crippen LogP contribution in [-0.4, -0.2) is 66.6 Å². The minimum Gasteiger partial charge on any atom is -0.432 e. The van der Waals surface area contributed by atoms with Crippen molar-refractivity contribution in [1.29, 1.82) is 0 Å². The quantitative estimate of drug-likeness (QED) is 0.275. The molecular weight excluding hydrogens is 574 g/mol. The molecule has 2 fully saturated rings. The van der Waals surface area contributed by atoms with Crippen molar-refractivity contribution in [2.75, 3.05) is 29.5 Å². The molecule has 9 nitrogen and oxygen atoms in total. The summed E-state index contributed by atoms with van der Waals surface area (Å²) in [6, 6.07) is 24.5. The van der Waals surface area contributed by atoms with Crippen LogP contribution in [0.4, 0.5) is 17.1 Å². The molecule has 0 bridgehead atoms. The van der Waals surface area contributed by atoms with E-state index in [0.717, 1.165) is 5.56 Å². The molecule has 10 heteroatoms. The third-order valence-corrected chi connectivity index (χ3v) is 11.9. The summed E-state index contributed by atoms with van der Waals surface area (Å²) in [7, 11) is -3.01. The van der Waals surface area contributed by atoms with Crippen LogP contribution in [0.1, 0.15) is 30.9 Å². The summed E-state index contributed by atoms with van der Waals surface area (Å²) >= 11 is 0. The van der Waals surface area contributed by atoms with Crippen molar-refractivity contribution in [3.05, 3.63) is 90.0 Å². The van der Waals surface area contributed by atoms with E-state index in [9.17, 15) is 24.3 Å². The SMILES string of the molecule is C[C@@H]1[C@@H]([Si](C)(C)O)[C@H](CC(=O)N(CCO)Cc2ccccc2)O[C@@]12C(=O)N(c1ccccc1)c1ccc(N3CCC3=O)cc12. The average molecular weight is 614 g/mol. The van der Waals surface area contributed by atoms with Gasteiger partial charge < -0.3 is 24.4 Å². The number of nitrogens with zero attached hydrogens (tertiary/aromatic N) is 3. The number of aliphatic hydroxyl groups excluding tert-OH is 1. The standard InChI is InChI=1S/C34H39N3O6Si/c1-23-32(44(2,3)42)29(21-31(40)35(18-19-38)22-24-10-6-4-7-11-24)43-34(23)27-20-26(36-17-16-30(36)39)14-15-28(27)37(33(34)41)25-12-8-5-9-13-25/h4-15,20,23,29,32,38,42H,16-19,21-22H2,1-3H3/t23-,29+,32-,34+/m1/s1. The third kappa shape index (κ3) is 5.05. The fourth-order valence-corrected chi connectivity index (χ4v) is 9.85. The minimum atomic E-state index is -3.01. The molecule has 3 aromatic carbocycles. The summed E-state index contributed by atoms with van der Waals surface area (Å²) in [5.74, 6) is -0.926. The molecule has 3 aliphatic rings. The third-order valence-electron chi connectivity index (χ3n) is 9.37. The van der Waals surface area contributed by atoms with Crippen LogP contribution < -0.4 is 9.80 Å². The summed E-state index contributed by atoms with van der Waals surface area (Å²) in [6.45, 7) is 6.49. The van der Waals surface area contributed by atoms with Crippen molar-refractivity contribution < 1.29 is 29.0 Å². The van der Waals surface area contributed by atoms with Gasteiger partial charge in [-0.3, -0.25) is 19.3 Å². The second kappa shape index (κ2) is 11.6. The van der Waals surface area contributed by atoms with Gasteiger partial charge in [-0.25, -0.2) is 0 Å². The number of benzene rings is 3. The van der Waals surface area contributed by atoms with Gasteiger partial charge in [0, 0.05) is 54.5 Å². The molecular formula is C34H39N3O6Si. The van der Waals surface area contributed by atoms with E-state index >= 15 is 0 Å². The molecule has 4 atom stereocenters. The lowest BCUT2D eigenvalue weighted by atomic mass is 9.82. The number of aliphatic hydroxyl groups is 1. The zero-order valence-electron chi connectivity index (χ0n) is 25.3. The van der Waals surface area contributed by atoms with E-state index < -0.39 is 31.5 Å². The van der Waals surface area contributed by atoms with Crippen LogP contribution in [-0.2, 0) is 31.3 Å². The van der Waals surface area contributed by atoms with Gasteiger partial charge in [-0.05, 0) is 49.0 Å². The first-order valence-electron chi connectivity index (χ1n) is 15.2. The topological polar surface area (TPSA) is 111 Å². The normalized spacial score (nSPS) is 24.5. The number of fused-ring (bicyclic) bond motifs is 2. The Balaban J connectivity index is 1.41. The Morgan fingerprint density at radius 3 is 2.30 bits per heavy atom. The second-order valence-corrected chi connectivity index (χ2v) is 16.5. The maximum atomic E-state index is 14.7. The zero-order valence-corrected chi connectivity index (χ0v) is 26.3. The Morgan fingerprint density at radius 2 is 1.70 bits per heavy atom. The van der Waals surface area contributed by atoms with Gasteiger partial charge in [-0.15, -0.1) is 0 Å². The smallest absolute Gasteiger partial charge is 0.268 e. The number of rotatable bonds is 9. The maximum absolute atomic E-state index is 14.7. The van der Waals surface area contributed by atoms with Crippen LogP contribution in [0.15, 0.2) is 78.9 Å². The summed E-state index contributed by atoms with van der Waals surface area (Å²) < 4.78 is 6.88. The second-order valence-electron chi connectivity index (χ2n) is 12.6. The van der Waals surface area contributed by atoms with Gasteiger partial charge in [0.2, 0.25) is 11.8 Å². The van der Waals surface area contributed by atoms with E-state index in [-0.39, 0.29) is 37.3 Å². The molecule has 0 aliphatic carbocycles. The summed E-state index contributed by atoms with van der Waals surface area (Å²) in [6.07, 6.45) is -0.296. The number of para-hydroxylation sites is 1. The molecule has 3 aliphatic heterocycles. The van der Waals surface area contributed by atoms with Gasteiger partial charge in [0.15, 0.2) is 13.9 Å². The molecule has 2 N–H and O–H groups in total. The number of amides is 3. The molecule has 0 aromatic heterocycles. The van der Waals surface area contributed by atoms with Gasteiger partial charge in [-0.1, -0.05) is 55.5 Å². The van der Waals surface area contributed by atoms with Crippen LogP contribution >= 0.6 is 0 Å². The Labute approximate surface area is 258 Å². The highest BCUT2D eigenvalue weighted by molar-refractivity contribution is 6.71. The molecule has 6 rings (SSSR count). The van der Waals surface area contributed by atoms with Crippen molar-refractivity contribution in [2.24, 2.45) is 5.92 Å². The van der Waals surface area contributed by atoms with Gasteiger partial charge >= 0.3 is 0 Å². The molecule has 3 amide bonds. The van der Waals surface area contributed by atoms with E-state index in [1.165, 1.54) is 0 Å². The minimum absolute atomic E-state index is 0.0243. The first-order chi connectivity index (χ1) is 21.1. The van der Waals surface area contributed by atoms with E-state index in [4.69, 9.17) is 4.74 Å². The highest BCUT2D eigenvalue weighted by Crippen LogP contribution is 2.61. The molecule has 0 radical (unpaired) electrons. The lowest BCUT2D eigenvalue weighted by molar-refractivity contribution is -0.149. The van der Waals surface area contributed by atoms with Gasteiger partial charge in [0.05, 0.1) is 24.8 Å². The number of carbonyl (C=O) groups is 3. The summed E-state index contributed by atoms with van der Waals surface area (Å²) in [5, 5.41) is 9.77. The number of ether oxygens (including phenoxy) is 1. The summed E-state index contributed by atoms with van der Waals surface area (Å²) in [4.78, 5) is 57.6. The van der Waals surface area contributed by atoms with Crippen LogP contribution in [0.5, 0.6) is 0 Å². The Morgan fingerprint density at radius 1 is 1.02 bits per heavy atom. The van der Waals surface area contributed by atoms with Crippen molar-refractivity contribution in [3.8, 4) is 0 Å². The largest absolute Gasteiger partial charge is 0.432 e. The van der Waals surface area contributed by atoms with Crippen molar-refractivity contribution in [1.82, 2.24) is 4.90 Å². The average Bonchev–Trinajstić information content (AvgIpc) is 3.43.